The molecule has 2 rings (SSSR count). The van der Waals surface area contributed by atoms with Crippen LogP contribution in [0.1, 0.15) is 60.3 Å². The van der Waals surface area contributed by atoms with Crippen molar-refractivity contribution < 1.29 is 24.0 Å². The summed E-state index contributed by atoms with van der Waals surface area (Å²) < 4.78 is 0. The number of likely N-dealkylation sites (tertiary alicyclic amines) is 1. The monoisotopic (exact) mass is 488 g/mol. The topological polar surface area (TPSA) is 116 Å². The Balaban J connectivity index is 2.30. The molecule has 1 aliphatic heterocycles. The number of nitrogens with zero attached hydrogens (tertiary/aromatic N) is 2. The summed E-state index contributed by atoms with van der Waals surface area (Å²) in [5, 5.41) is 5.57. The highest BCUT2D eigenvalue weighted by molar-refractivity contribution is 6.38. The molecule has 4 atom stereocenters. The second-order valence-electron chi connectivity index (χ2n) is 11.3. The summed E-state index contributed by atoms with van der Waals surface area (Å²) in [6, 6.07) is -2.82. The molecular weight excluding hydrogens is 448 g/mol. The van der Waals surface area contributed by atoms with E-state index in [1.807, 2.05) is 20.8 Å². The predicted octanol–water partition coefficient (Wildman–Crippen LogP) is 0.966. The lowest BCUT2D eigenvalue weighted by molar-refractivity contribution is -0.147. The van der Waals surface area contributed by atoms with Gasteiger partial charge in [-0.25, -0.2) is 0 Å². The minimum atomic E-state index is -0.989. The van der Waals surface area contributed by atoms with Crippen LogP contribution in [0.15, 0.2) is 0 Å². The average Bonchev–Trinajstić information content (AvgIpc) is 3.48. The molecule has 2 aliphatic rings. The molecule has 1 aliphatic carbocycles. The number of amides is 4. The lowest BCUT2D eigenvalue weighted by Gasteiger charge is -2.36. The van der Waals surface area contributed by atoms with Crippen molar-refractivity contribution in [3.63, 3.8) is 0 Å². The molecule has 0 spiro atoms. The van der Waals surface area contributed by atoms with E-state index in [1.54, 1.807) is 13.8 Å². The first-order chi connectivity index (χ1) is 16.2. The zero-order chi connectivity index (χ0) is 26.7. The van der Waals surface area contributed by atoms with Crippen molar-refractivity contribution in [1.82, 2.24) is 20.4 Å². The Morgan fingerprint density at radius 3 is 2.11 bits per heavy atom. The molecule has 1 unspecified atom stereocenters. The highest BCUT2D eigenvalue weighted by Crippen LogP contribution is 2.34. The van der Waals surface area contributed by atoms with Crippen LogP contribution in [-0.4, -0.2) is 78.0 Å². The van der Waals surface area contributed by atoms with Gasteiger partial charge in [0, 0.05) is 26.6 Å². The SMILES string of the molecule is C#C[C@H]1CCN(C(=O)[C@@H](NC(=O)C(C)C)C(C)(C)C)[C@@H]1C(=O)NC(CC1CC1)C(=O)C(=O)N(C)C. The Bertz CT molecular complexity index is 894. The maximum Gasteiger partial charge on any atom is 0.291 e. The molecule has 194 valence electrons. The van der Waals surface area contributed by atoms with E-state index in [0.29, 0.717) is 12.8 Å². The summed E-state index contributed by atoms with van der Waals surface area (Å²) >= 11 is 0. The van der Waals surface area contributed by atoms with Crippen LogP contribution < -0.4 is 10.6 Å². The first kappa shape index (κ1) is 28.3. The molecule has 1 heterocycles. The average molecular weight is 489 g/mol. The number of terminal acetylenes is 1. The van der Waals surface area contributed by atoms with Crippen molar-refractivity contribution in [2.75, 3.05) is 20.6 Å². The van der Waals surface area contributed by atoms with Crippen LogP contribution in [0.4, 0.5) is 0 Å². The number of Topliss-reactive ketones (excluding diaryl/α,β-unsaturated/α-hetero) is 1. The summed E-state index contributed by atoms with van der Waals surface area (Å²) in [6.45, 7) is 9.28. The van der Waals surface area contributed by atoms with Crippen LogP contribution in [0.2, 0.25) is 0 Å². The number of hydrogen-bond donors (Lipinski definition) is 2. The maximum absolute atomic E-state index is 13.7. The highest BCUT2D eigenvalue weighted by atomic mass is 16.2. The fraction of sp³-hybridized carbons (Fsp3) is 0.731. The number of carbonyl (C=O) groups excluding carboxylic acids is 5. The summed E-state index contributed by atoms with van der Waals surface area (Å²) in [5.41, 5.74) is -0.612. The Kier molecular flexibility index (Phi) is 9.10. The van der Waals surface area contributed by atoms with Gasteiger partial charge in [0.1, 0.15) is 12.1 Å². The second kappa shape index (κ2) is 11.2. The maximum atomic E-state index is 13.7. The second-order valence-corrected chi connectivity index (χ2v) is 11.3. The normalized spacial score (nSPS) is 21.6. The third kappa shape index (κ3) is 7.06. The third-order valence-electron chi connectivity index (χ3n) is 6.60. The summed E-state index contributed by atoms with van der Waals surface area (Å²) in [5.74, 6) is -0.530. The van der Waals surface area contributed by atoms with Gasteiger partial charge in [-0.05, 0) is 24.2 Å². The van der Waals surface area contributed by atoms with Gasteiger partial charge in [0.2, 0.25) is 23.5 Å². The van der Waals surface area contributed by atoms with Crippen LogP contribution in [0, 0.1) is 35.5 Å². The molecule has 9 nitrogen and oxygen atoms in total. The van der Waals surface area contributed by atoms with E-state index < -0.39 is 47.1 Å². The standard InChI is InChI=1S/C26H40N4O5/c1-9-17-12-13-30(25(35)21(26(4,5)6)28-22(32)15(2)3)19(17)23(33)27-18(14-16-10-11-16)20(31)24(34)29(7)8/h1,15-19,21H,10-14H2,2-8H3,(H,27,33)(H,28,32)/t17-,18?,19-,21+/m0/s1. The minimum Gasteiger partial charge on any atom is -0.344 e. The van der Waals surface area contributed by atoms with Gasteiger partial charge in [-0.1, -0.05) is 47.5 Å². The first-order valence-electron chi connectivity index (χ1n) is 12.3. The van der Waals surface area contributed by atoms with Crippen LogP contribution in [-0.2, 0) is 24.0 Å². The van der Waals surface area contributed by atoms with Gasteiger partial charge < -0.3 is 20.4 Å². The van der Waals surface area contributed by atoms with Gasteiger partial charge >= 0.3 is 0 Å². The molecule has 0 bridgehead atoms. The summed E-state index contributed by atoms with van der Waals surface area (Å²) in [6.07, 6.45) is 8.40. The van der Waals surface area contributed by atoms with E-state index in [2.05, 4.69) is 16.6 Å². The molecule has 1 saturated heterocycles. The Morgan fingerprint density at radius 2 is 1.66 bits per heavy atom. The van der Waals surface area contributed by atoms with Crippen LogP contribution in [0.3, 0.4) is 0 Å². The molecule has 0 aromatic heterocycles. The smallest absolute Gasteiger partial charge is 0.291 e. The fourth-order valence-corrected chi connectivity index (χ4v) is 4.21. The van der Waals surface area contributed by atoms with E-state index in [-0.39, 0.29) is 30.2 Å². The Hall–Kier alpha value is -2.89. The number of carbonyl (C=O) groups is 5. The van der Waals surface area contributed by atoms with Gasteiger partial charge in [-0.15, -0.1) is 12.3 Å². The molecule has 0 radical (unpaired) electrons. The molecule has 2 N–H and O–H groups in total. The molecule has 1 saturated carbocycles. The van der Waals surface area contributed by atoms with Crippen molar-refractivity contribution in [3.8, 4) is 12.3 Å². The number of rotatable bonds is 9. The summed E-state index contributed by atoms with van der Waals surface area (Å²) in [4.78, 5) is 67.3. The number of likely N-dealkylation sites (N-methyl/N-ethyl adjacent to an activating group) is 1. The van der Waals surface area contributed by atoms with Gasteiger partial charge in [-0.2, -0.15) is 0 Å². The van der Waals surface area contributed by atoms with E-state index >= 15 is 0 Å². The third-order valence-corrected chi connectivity index (χ3v) is 6.60. The van der Waals surface area contributed by atoms with E-state index in [1.165, 1.54) is 23.9 Å². The number of ketones is 1. The van der Waals surface area contributed by atoms with Crippen LogP contribution >= 0.6 is 0 Å². The Morgan fingerprint density at radius 1 is 1.06 bits per heavy atom. The molecule has 0 aromatic carbocycles. The predicted molar refractivity (Wildman–Crippen MR) is 132 cm³/mol. The lowest BCUT2D eigenvalue weighted by atomic mass is 9.85. The zero-order valence-electron chi connectivity index (χ0n) is 22.0. The van der Waals surface area contributed by atoms with Gasteiger partial charge in [0.15, 0.2) is 0 Å². The van der Waals surface area contributed by atoms with Crippen molar-refractivity contribution in [2.24, 2.45) is 23.2 Å². The van der Waals surface area contributed by atoms with Crippen molar-refractivity contribution >= 4 is 29.4 Å². The number of nitrogens with one attached hydrogen (secondary N) is 2. The minimum absolute atomic E-state index is 0.258. The van der Waals surface area contributed by atoms with E-state index in [4.69, 9.17) is 6.42 Å². The molecule has 9 heteroatoms. The summed E-state index contributed by atoms with van der Waals surface area (Å²) in [7, 11) is 2.97. The zero-order valence-corrected chi connectivity index (χ0v) is 22.0. The largest absolute Gasteiger partial charge is 0.344 e. The van der Waals surface area contributed by atoms with Crippen molar-refractivity contribution in [1.29, 1.82) is 0 Å². The van der Waals surface area contributed by atoms with Crippen molar-refractivity contribution in [3.05, 3.63) is 0 Å². The van der Waals surface area contributed by atoms with Crippen molar-refractivity contribution in [2.45, 2.75) is 78.4 Å². The fourth-order valence-electron chi connectivity index (χ4n) is 4.21. The van der Waals surface area contributed by atoms with E-state index in [9.17, 15) is 24.0 Å². The van der Waals surface area contributed by atoms with Gasteiger partial charge in [-0.3, -0.25) is 24.0 Å². The molecule has 2 fully saturated rings. The molecule has 35 heavy (non-hydrogen) atoms. The number of hydrogen-bond acceptors (Lipinski definition) is 5. The first-order valence-corrected chi connectivity index (χ1v) is 12.3. The lowest BCUT2D eigenvalue weighted by Crippen LogP contribution is -2.60. The van der Waals surface area contributed by atoms with Crippen LogP contribution in [0.25, 0.3) is 0 Å². The highest BCUT2D eigenvalue weighted by Gasteiger charge is 2.47. The van der Waals surface area contributed by atoms with Crippen LogP contribution in [0.5, 0.6) is 0 Å². The van der Waals surface area contributed by atoms with E-state index in [0.717, 1.165) is 12.8 Å². The van der Waals surface area contributed by atoms with Gasteiger partial charge in [0.05, 0.1) is 12.0 Å². The molecule has 0 aromatic rings. The van der Waals surface area contributed by atoms with Gasteiger partial charge in [0.25, 0.3) is 5.91 Å². The quantitative estimate of drug-likeness (QED) is 0.371. The molecule has 4 amide bonds. The molecular formula is C26H40N4O5. The Labute approximate surface area is 208 Å².